The maximum atomic E-state index is 10.2. The minimum atomic E-state index is -4.36. The zero-order valence-corrected chi connectivity index (χ0v) is 12.9. The van der Waals surface area contributed by atoms with Gasteiger partial charge in [0.25, 0.3) is 0 Å². The van der Waals surface area contributed by atoms with Crippen LogP contribution in [-0.2, 0) is 37.3 Å². The van der Waals surface area contributed by atoms with Gasteiger partial charge in [-0.15, -0.1) is 0 Å². The average molecular weight is 372 g/mol. The van der Waals surface area contributed by atoms with Crippen LogP contribution in [0.3, 0.4) is 0 Å². The molecule has 11 heteroatoms. The summed E-state index contributed by atoms with van der Waals surface area (Å²) in [5, 5.41) is -0.870. The molecule has 0 saturated heterocycles. The van der Waals surface area contributed by atoms with Crippen molar-refractivity contribution in [3.05, 3.63) is 48.8 Å². The SMILES string of the molecule is O=S(=O)([O-])c1ccccn1.O=S(=O)([O-])c1ccccn1.[Fe+2]. The molecule has 0 atom stereocenters. The van der Waals surface area contributed by atoms with Crippen LogP contribution >= 0.6 is 0 Å². The number of hydrogen-bond acceptors (Lipinski definition) is 8. The molecule has 2 heterocycles. The minimum Gasteiger partial charge on any atom is -0.743 e. The van der Waals surface area contributed by atoms with Crippen LogP contribution < -0.4 is 0 Å². The van der Waals surface area contributed by atoms with Crippen molar-refractivity contribution in [3.8, 4) is 0 Å². The predicted octanol–water partition coefficient (Wildman–Crippen LogP) is -0.0311. The summed E-state index contributed by atoms with van der Waals surface area (Å²) in [6.07, 6.45) is 2.51. The van der Waals surface area contributed by atoms with Gasteiger partial charge in [0.15, 0.2) is 0 Å². The van der Waals surface area contributed by atoms with Crippen molar-refractivity contribution >= 4 is 20.2 Å². The number of aromatic nitrogens is 2. The van der Waals surface area contributed by atoms with Crippen molar-refractivity contribution in [2.24, 2.45) is 0 Å². The van der Waals surface area contributed by atoms with Gasteiger partial charge in [0, 0.05) is 12.4 Å². The first-order valence-corrected chi connectivity index (χ1v) is 7.77. The zero-order valence-electron chi connectivity index (χ0n) is 10.1. The van der Waals surface area contributed by atoms with E-state index in [0.29, 0.717) is 0 Å². The molecule has 2 aromatic rings. The van der Waals surface area contributed by atoms with Crippen molar-refractivity contribution < 1.29 is 43.0 Å². The maximum Gasteiger partial charge on any atom is 2.00 e. The minimum absolute atomic E-state index is 0. The van der Waals surface area contributed by atoms with Crippen LogP contribution in [0.5, 0.6) is 0 Å². The van der Waals surface area contributed by atoms with Gasteiger partial charge in [0.2, 0.25) is 0 Å². The Morgan fingerprint density at radius 3 is 1.19 bits per heavy atom. The molecule has 0 spiro atoms. The van der Waals surface area contributed by atoms with E-state index in [9.17, 15) is 25.9 Å². The molecule has 0 saturated carbocycles. The Morgan fingerprint density at radius 2 is 1.05 bits per heavy atom. The van der Waals surface area contributed by atoms with Gasteiger partial charge in [0.05, 0.1) is 0 Å². The normalized spacial score (nSPS) is 10.8. The van der Waals surface area contributed by atoms with Gasteiger partial charge in [-0.3, -0.25) is 0 Å². The topological polar surface area (TPSA) is 140 Å². The van der Waals surface area contributed by atoms with Crippen LogP contribution in [-0.4, -0.2) is 35.9 Å². The molecule has 0 aromatic carbocycles. The third kappa shape index (κ3) is 7.27. The maximum absolute atomic E-state index is 10.2. The van der Waals surface area contributed by atoms with Crippen LogP contribution in [0.1, 0.15) is 0 Å². The van der Waals surface area contributed by atoms with Crippen LogP contribution in [0.25, 0.3) is 0 Å². The van der Waals surface area contributed by atoms with Crippen molar-refractivity contribution in [1.82, 2.24) is 9.97 Å². The fraction of sp³-hybridized carbons (Fsp3) is 0. The summed E-state index contributed by atoms with van der Waals surface area (Å²) in [6, 6.07) is 8.27. The molecule has 0 unspecified atom stereocenters. The Balaban J connectivity index is 0.000000364. The van der Waals surface area contributed by atoms with E-state index in [0.717, 1.165) is 12.1 Å². The van der Waals surface area contributed by atoms with E-state index in [1.807, 2.05) is 0 Å². The van der Waals surface area contributed by atoms with E-state index >= 15 is 0 Å². The fourth-order valence-corrected chi connectivity index (χ4v) is 1.86. The molecule has 21 heavy (non-hydrogen) atoms. The number of hydrogen-bond donors (Lipinski definition) is 0. The molecular weight excluding hydrogens is 364 g/mol. The Labute approximate surface area is 132 Å². The van der Waals surface area contributed by atoms with Crippen LogP contribution in [0.4, 0.5) is 0 Å². The van der Waals surface area contributed by atoms with Crippen molar-refractivity contribution in [2.75, 3.05) is 0 Å². The van der Waals surface area contributed by atoms with Crippen molar-refractivity contribution in [2.45, 2.75) is 10.1 Å². The second-order valence-corrected chi connectivity index (χ2v) is 5.90. The van der Waals surface area contributed by atoms with E-state index in [1.165, 1.54) is 36.7 Å². The summed E-state index contributed by atoms with van der Waals surface area (Å²) in [6.45, 7) is 0. The molecule has 8 nitrogen and oxygen atoms in total. The molecule has 0 aliphatic rings. The van der Waals surface area contributed by atoms with E-state index in [2.05, 4.69) is 9.97 Å². The zero-order chi connectivity index (χ0) is 15.2. The molecule has 0 radical (unpaired) electrons. The third-order valence-electron chi connectivity index (χ3n) is 1.79. The molecule has 0 fully saturated rings. The summed E-state index contributed by atoms with van der Waals surface area (Å²) in [4.78, 5) is 6.70. The Hall–Kier alpha value is -1.36. The van der Waals surface area contributed by atoms with Gasteiger partial charge in [-0.1, -0.05) is 12.1 Å². The second kappa shape index (κ2) is 8.17. The summed E-state index contributed by atoms with van der Waals surface area (Å²) in [7, 11) is -8.73. The third-order valence-corrected chi connectivity index (χ3v) is 3.30. The van der Waals surface area contributed by atoms with Crippen LogP contribution in [0.15, 0.2) is 58.8 Å². The van der Waals surface area contributed by atoms with Gasteiger partial charge in [-0.25, -0.2) is 26.8 Å². The van der Waals surface area contributed by atoms with E-state index in [1.54, 1.807) is 0 Å². The second-order valence-electron chi connectivity index (χ2n) is 3.24. The first kappa shape index (κ1) is 19.6. The quantitative estimate of drug-likeness (QED) is 0.529. The smallest absolute Gasteiger partial charge is 0.743 e. The molecule has 0 amide bonds. The average Bonchev–Trinajstić information content (AvgIpc) is 2.40. The Kier molecular flexibility index (Phi) is 7.64. The van der Waals surface area contributed by atoms with Crippen molar-refractivity contribution in [3.63, 3.8) is 0 Å². The monoisotopic (exact) mass is 372 g/mol. The molecule has 0 aliphatic carbocycles. The van der Waals surface area contributed by atoms with Crippen LogP contribution in [0.2, 0.25) is 0 Å². The Morgan fingerprint density at radius 1 is 0.714 bits per heavy atom. The van der Waals surface area contributed by atoms with E-state index < -0.39 is 30.3 Å². The fourth-order valence-electron chi connectivity index (χ4n) is 0.990. The summed E-state index contributed by atoms with van der Waals surface area (Å²) in [5.41, 5.74) is 0. The summed E-state index contributed by atoms with van der Waals surface area (Å²) < 4.78 is 61.3. The molecular formula is C10H8FeN2O6S2. The standard InChI is InChI=1S/2C5H5NO3S.Fe/c2*7-10(8,9)5-3-1-2-4-6-5;/h2*1-4H,(H,7,8,9);/q;;+2/p-2. The molecule has 2 aromatic heterocycles. The largest absolute Gasteiger partial charge is 2.00 e. The number of pyridine rings is 2. The Bertz CT molecular complexity index is 683. The molecule has 0 N–H and O–H groups in total. The van der Waals surface area contributed by atoms with Crippen molar-refractivity contribution in [1.29, 1.82) is 0 Å². The molecule has 2 rings (SSSR count). The first-order valence-electron chi connectivity index (χ1n) is 4.95. The predicted molar refractivity (Wildman–Crippen MR) is 64.4 cm³/mol. The van der Waals surface area contributed by atoms with Gasteiger partial charge in [0.1, 0.15) is 30.3 Å². The van der Waals surface area contributed by atoms with E-state index in [-0.39, 0.29) is 17.1 Å². The summed E-state index contributed by atoms with van der Waals surface area (Å²) in [5.74, 6) is 0. The molecule has 114 valence electrons. The first-order chi connectivity index (χ1) is 9.21. The van der Waals surface area contributed by atoms with Crippen LogP contribution in [0, 0.1) is 0 Å². The molecule has 0 bridgehead atoms. The molecule has 0 aliphatic heterocycles. The van der Waals surface area contributed by atoms with Gasteiger partial charge >= 0.3 is 17.1 Å². The van der Waals surface area contributed by atoms with Gasteiger partial charge in [-0.05, 0) is 24.3 Å². The number of nitrogens with zero attached hydrogens (tertiary/aromatic N) is 2. The van der Waals surface area contributed by atoms with E-state index in [4.69, 9.17) is 0 Å². The van der Waals surface area contributed by atoms with Gasteiger partial charge in [-0.2, -0.15) is 0 Å². The summed E-state index contributed by atoms with van der Waals surface area (Å²) >= 11 is 0. The van der Waals surface area contributed by atoms with Gasteiger partial charge < -0.3 is 9.11 Å². The number of rotatable bonds is 2.